The highest BCUT2D eigenvalue weighted by Gasteiger charge is 2.22. The summed E-state index contributed by atoms with van der Waals surface area (Å²) in [6.45, 7) is 8.52. The third-order valence-electron chi connectivity index (χ3n) is 2.61. The standard InChI is InChI=1S/C10H19N5O/c1-10(2,11)9-13-8(16-14-9)7-15-5-3-12-4-6-15/h12H,3-7,11H2,1-2H3. The maximum absolute atomic E-state index is 5.89. The molecule has 1 aromatic rings. The lowest BCUT2D eigenvalue weighted by Crippen LogP contribution is -2.43. The fraction of sp³-hybridized carbons (Fsp3) is 0.800. The van der Waals surface area contributed by atoms with Gasteiger partial charge >= 0.3 is 0 Å². The monoisotopic (exact) mass is 225 g/mol. The summed E-state index contributed by atoms with van der Waals surface area (Å²) in [5.74, 6) is 1.22. The summed E-state index contributed by atoms with van der Waals surface area (Å²) in [4.78, 5) is 6.60. The van der Waals surface area contributed by atoms with Gasteiger partial charge in [0.15, 0.2) is 5.82 Å². The highest BCUT2D eigenvalue weighted by molar-refractivity contribution is 4.99. The molecule has 2 heterocycles. The van der Waals surface area contributed by atoms with E-state index in [1.54, 1.807) is 0 Å². The average molecular weight is 225 g/mol. The van der Waals surface area contributed by atoms with Crippen molar-refractivity contribution in [3.8, 4) is 0 Å². The third kappa shape index (κ3) is 2.78. The summed E-state index contributed by atoms with van der Waals surface area (Å²) in [6, 6.07) is 0. The van der Waals surface area contributed by atoms with Gasteiger partial charge in [0.1, 0.15) is 0 Å². The minimum atomic E-state index is -0.537. The van der Waals surface area contributed by atoms with Crippen molar-refractivity contribution in [2.75, 3.05) is 26.2 Å². The highest BCUT2D eigenvalue weighted by atomic mass is 16.5. The van der Waals surface area contributed by atoms with Gasteiger partial charge in [-0.1, -0.05) is 5.16 Å². The van der Waals surface area contributed by atoms with Crippen LogP contribution in [0, 0.1) is 0 Å². The molecule has 6 heteroatoms. The Morgan fingerprint density at radius 2 is 2.12 bits per heavy atom. The number of hydrogen-bond acceptors (Lipinski definition) is 6. The zero-order chi connectivity index (χ0) is 11.6. The number of nitrogens with two attached hydrogens (primary N) is 1. The van der Waals surface area contributed by atoms with Crippen LogP contribution in [0.25, 0.3) is 0 Å². The summed E-state index contributed by atoms with van der Waals surface area (Å²) < 4.78 is 5.19. The van der Waals surface area contributed by atoms with Crippen molar-refractivity contribution in [2.24, 2.45) is 5.73 Å². The number of hydrogen-bond donors (Lipinski definition) is 2. The second-order valence-corrected chi connectivity index (χ2v) is 4.76. The molecule has 0 radical (unpaired) electrons. The van der Waals surface area contributed by atoms with E-state index >= 15 is 0 Å². The molecule has 0 spiro atoms. The van der Waals surface area contributed by atoms with E-state index in [2.05, 4.69) is 20.4 Å². The molecule has 1 aliphatic rings. The average Bonchev–Trinajstić information content (AvgIpc) is 2.67. The van der Waals surface area contributed by atoms with Gasteiger partial charge in [0.2, 0.25) is 5.89 Å². The molecule has 0 aliphatic carbocycles. The molecule has 0 bridgehead atoms. The van der Waals surface area contributed by atoms with Crippen molar-refractivity contribution in [3.63, 3.8) is 0 Å². The topological polar surface area (TPSA) is 80.2 Å². The molecule has 1 fully saturated rings. The van der Waals surface area contributed by atoms with Crippen LogP contribution in [-0.2, 0) is 12.1 Å². The number of rotatable bonds is 3. The normalized spacial score (nSPS) is 18.9. The predicted octanol–water partition coefficient (Wildman–Crippen LogP) is -0.331. The number of nitrogens with zero attached hydrogens (tertiary/aromatic N) is 3. The Hall–Kier alpha value is -0.980. The van der Waals surface area contributed by atoms with Gasteiger partial charge in [-0.25, -0.2) is 0 Å². The van der Waals surface area contributed by atoms with E-state index < -0.39 is 5.54 Å². The van der Waals surface area contributed by atoms with Crippen molar-refractivity contribution in [1.82, 2.24) is 20.4 Å². The molecule has 1 saturated heterocycles. The number of aromatic nitrogens is 2. The smallest absolute Gasteiger partial charge is 0.240 e. The summed E-state index contributed by atoms with van der Waals surface area (Å²) in [5.41, 5.74) is 5.36. The van der Waals surface area contributed by atoms with Gasteiger partial charge in [0, 0.05) is 26.2 Å². The van der Waals surface area contributed by atoms with Crippen molar-refractivity contribution in [1.29, 1.82) is 0 Å². The number of nitrogens with one attached hydrogen (secondary N) is 1. The van der Waals surface area contributed by atoms with Crippen molar-refractivity contribution < 1.29 is 4.52 Å². The Morgan fingerprint density at radius 1 is 1.44 bits per heavy atom. The molecule has 16 heavy (non-hydrogen) atoms. The number of piperazine rings is 1. The first-order chi connectivity index (χ1) is 7.55. The van der Waals surface area contributed by atoms with Gasteiger partial charge in [0.05, 0.1) is 12.1 Å². The fourth-order valence-corrected chi connectivity index (χ4v) is 1.64. The van der Waals surface area contributed by atoms with Gasteiger partial charge in [-0.2, -0.15) is 4.98 Å². The van der Waals surface area contributed by atoms with Crippen molar-refractivity contribution >= 4 is 0 Å². The molecule has 1 aliphatic heterocycles. The van der Waals surface area contributed by atoms with Gasteiger partial charge in [-0.3, -0.25) is 4.90 Å². The predicted molar refractivity (Wildman–Crippen MR) is 59.7 cm³/mol. The highest BCUT2D eigenvalue weighted by Crippen LogP contribution is 2.13. The van der Waals surface area contributed by atoms with Gasteiger partial charge in [-0.15, -0.1) is 0 Å². The van der Waals surface area contributed by atoms with Crippen LogP contribution < -0.4 is 11.1 Å². The SMILES string of the molecule is CC(C)(N)c1noc(CN2CCNCC2)n1. The molecule has 2 rings (SSSR count). The van der Waals surface area contributed by atoms with Crippen LogP contribution in [-0.4, -0.2) is 41.2 Å². The van der Waals surface area contributed by atoms with Crippen molar-refractivity contribution in [3.05, 3.63) is 11.7 Å². The maximum Gasteiger partial charge on any atom is 0.240 e. The first-order valence-corrected chi connectivity index (χ1v) is 5.61. The molecule has 0 aromatic carbocycles. The molecule has 90 valence electrons. The van der Waals surface area contributed by atoms with E-state index in [4.69, 9.17) is 10.3 Å². The van der Waals surface area contributed by atoms with Crippen LogP contribution in [0.3, 0.4) is 0 Å². The lowest BCUT2D eigenvalue weighted by atomic mass is 10.1. The minimum absolute atomic E-state index is 0.537. The molecule has 0 atom stereocenters. The summed E-state index contributed by atoms with van der Waals surface area (Å²) in [7, 11) is 0. The van der Waals surface area contributed by atoms with Crippen LogP contribution in [0.15, 0.2) is 4.52 Å². The molecular weight excluding hydrogens is 206 g/mol. The van der Waals surface area contributed by atoms with E-state index in [1.165, 1.54) is 0 Å². The largest absolute Gasteiger partial charge is 0.338 e. The van der Waals surface area contributed by atoms with Crippen LogP contribution in [0.2, 0.25) is 0 Å². The van der Waals surface area contributed by atoms with Crippen molar-refractivity contribution in [2.45, 2.75) is 25.9 Å². The van der Waals surface area contributed by atoms with E-state index in [1.807, 2.05) is 13.8 Å². The molecular formula is C10H19N5O. The van der Waals surface area contributed by atoms with Crippen LogP contribution in [0.4, 0.5) is 0 Å². The zero-order valence-corrected chi connectivity index (χ0v) is 9.86. The zero-order valence-electron chi connectivity index (χ0n) is 9.86. The van der Waals surface area contributed by atoms with E-state index in [0.717, 1.165) is 26.2 Å². The Kier molecular flexibility index (Phi) is 3.22. The van der Waals surface area contributed by atoms with Gasteiger partial charge in [-0.05, 0) is 13.8 Å². The third-order valence-corrected chi connectivity index (χ3v) is 2.61. The second-order valence-electron chi connectivity index (χ2n) is 4.76. The molecule has 0 saturated carbocycles. The molecule has 1 aromatic heterocycles. The summed E-state index contributed by atoms with van der Waals surface area (Å²) in [6.07, 6.45) is 0. The van der Waals surface area contributed by atoms with Gasteiger partial charge in [0.25, 0.3) is 0 Å². The summed E-state index contributed by atoms with van der Waals surface area (Å²) >= 11 is 0. The Bertz CT molecular complexity index is 337. The Labute approximate surface area is 95.2 Å². The lowest BCUT2D eigenvalue weighted by Gasteiger charge is -2.25. The van der Waals surface area contributed by atoms with Gasteiger partial charge < -0.3 is 15.6 Å². The molecule has 0 unspecified atom stereocenters. The summed E-state index contributed by atoms with van der Waals surface area (Å²) in [5, 5.41) is 7.20. The van der Waals surface area contributed by atoms with E-state index in [9.17, 15) is 0 Å². The Balaban J connectivity index is 1.97. The van der Waals surface area contributed by atoms with Crippen LogP contribution >= 0.6 is 0 Å². The molecule has 3 N–H and O–H groups in total. The molecule has 0 amide bonds. The molecule has 6 nitrogen and oxygen atoms in total. The lowest BCUT2D eigenvalue weighted by molar-refractivity contribution is 0.203. The first kappa shape index (κ1) is 11.5. The fourth-order valence-electron chi connectivity index (χ4n) is 1.64. The van der Waals surface area contributed by atoms with E-state index in [0.29, 0.717) is 18.3 Å². The minimum Gasteiger partial charge on any atom is -0.338 e. The quantitative estimate of drug-likeness (QED) is 0.733. The van der Waals surface area contributed by atoms with E-state index in [-0.39, 0.29) is 0 Å². The first-order valence-electron chi connectivity index (χ1n) is 5.61. The Morgan fingerprint density at radius 3 is 2.69 bits per heavy atom. The van der Waals surface area contributed by atoms with Crippen LogP contribution in [0.5, 0.6) is 0 Å². The second kappa shape index (κ2) is 4.48. The maximum atomic E-state index is 5.89. The van der Waals surface area contributed by atoms with Crippen LogP contribution in [0.1, 0.15) is 25.6 Å².